The standard InChI is InChI=1S/C27H34O3Si/c1-27(2,3)31(21-10-6-4-7-11-21,22-12-8-5-9-13-22)26(30)25-23-17-19(14-15-28)16-20(23)18-24(25)29/h4-14,20,23-25,28-29H,15-18H2,1-3H3/b19-14-/t20-,23-,24+,25+/m0/s1. The minimum Gasteiger partial charge on any atom is -0.392 e. The van der Waals surface area contributed by atoms with Gasteiger partial charge in [-0.1, -0.05) is 93.1 Å². The van der Waals surface area contributed by atoms with E-state index in [1.165, 1.54) is 5.57 Å². The van der Waals surface area contributed by atoms with Crippen molar-refractivity contribution in [2.75, 3.05) is 6.61 Å². The second-order valence-corrected chi connectivity index (χ2v) is 14.9. The second-order valence-electron chi connectivity index (χ2n) is 10.3. The molecule has 2 aliphatic rings. The lowest BCUT2D eigenvalue weighted by molar-refractivity contribution is -0.119. The predicted octanol–water partition coefficient (Wildman–Crippen LogP) is 3.48. The molecule has 3 nitrogen and oxygen atoms in total. The van der Waals surface area contributed by atoms with Gasteiger partial charge >= 0.3 is 0 Å². The molecule has 2 fully saturated rings. The fourth-order valence-corrected chi connectivity index (χ4v) is 12.1. The van der Waals surface area contributed by atoms with Crippen LogP contribution >= 0.6 is 0 Å². The van der Waals surface area contributed by atoms with Gasteiger partial charge in [-0.15, -0.1) is 0 Å². The number of allylic oxidation sites excluding steroid dienone is 1. The van der Waals surface area contributed by atoms with E-state index in [0.717, 1.165) is 23.2 Å². The quantitative estimate of drug-likeness (QED) is 0.560. The number of rotatable bonds is 5. The van der Waals surface area contributed by atoms with Crippen molar-refractivity contribution in [3.05, 3.63) is 72.3 Å². The molecular weight excluding hydrogens is 400 g/mol. The monoisotopic (exact) mass is 434 g/mol. The summed E-state index contributed by atoms with van der Waals surface area (Å²) < 4.78 is 0. The van der Waals surface area contributed by atoms with Crippen molar-refractivity contribution in [2.45, 2.75) is 51.2 Å². The summed E-state index contributed by atoms with van der Waals surface area (Å²) in [5, 5.41) is 22.8. The highest BCUT2D eigenvalue weighted by Gasteiger charge is 2.60. The fourth-order valence-electron chi connectivity index (χ4n) is 6.44. The maximum Gasteiger partial charge on any atom is 0.199 e. The van der Waals surface area contributed by atoms with Gasteiger partial charge in [0.1, 0.15) is 5.41 Å². The third-order valence-electron chi connectivity index (χ3n) is 7.64. The first-order valence-corrected chi connectivity index (χ1v) is 13.4. The number of carbonyl (C=O) groups excluding carboxylic acids is 1. The minimum atomic E-state index is -2.93. The van der Waals surface area contributed by atoms with Crippen LogP contribution in [0.1, 0.15) is 40.0 Å². The molecule has 0 spiro atoms. The molecule has 0 saturated heterocycles. The molecule has 0 amide bonds. The number of fused-ring (bicyclic) bond motifs is 1. The Labute approximate surface area is 186 Å². The molecule has 164 valence electrons. The van der Waals surface area contributed by atoms with Gasteiger partial charge < -0.3 is 15.0 Å². The smallest absolute Gasteiger partial charge is 0.199 e. The molecule has 2 aromatic carbocycles. The molecule has 4 rings (SSSR count). The lowest BCUT2D eigenvalue weighted by atomic mass is 9.92. The van der Waals surface area contributed by atoms with Crippen molar-refractivity contribution in [1.82, 2.24) is 0 Å². The lowest BCUT2D eigenvalue weighted by Gasteiger charge is -2.45. The van der Waals surface area contributed by atoms with Crippen LogP contribution in [-0.4, -0.2) is 36.4 Å². The van der Waals surface area contributed by atoms with E-state index in [-0.39, 0.29) is 28.9 Å². The Hall–Kier alpha value is -2.01. The number of aliphatic hydroxyl groups excluding tert-OH is 2. The van der Waals surface area contributed by atoms with Gasteiger partial charge in [-0.05, 0) is 46.5 Å². The minimum absolute atomic E-state index is 0.0463. The van der Waals surface area contributed by atoms with Crippen molar-refractivity contribution >= 4 is 23.9 Å². The Morgan fingerprint density at radius 2 is 1.55 bits per heavy atom. The van der Waals surface area contributed by atoms with Gasteiger partial charge in [-0.2, -0.15) is 0 Å². The van der Waals surface area contributed by atoms with Crippen LogP contribution < -0.4 is 10.4 Å². The molecule has 0 radical (unpaired) electrons. The van der Waals surface area contributed by atoms with Crippen LogP contribution in [0.2, 0.25) is 5.04 Å². The predicted molar refractivity (Wildman–Crippen MR) is 128 cm³/mol. The van der Waals surface area contributed by atoms with Gasteiger partial charge in [0.05, 0.1) is 12.7 Å². The number of hydrogen-bond donors (Lipinski definition) is 2. The zero-order chi connectivity index (χ0) is 22.2. The SMILES string of the molecule is CC(C)(C)[Si](C(=O)[C@@H]1[C@H]2C/C(=C\CO)C[C@H]2C[C@H]1O)(c1ccccc1)c1ccccc1. The first-order chi connectivity index (χ1) is 14.8. The number of carbonyl (C=O) groups is 1. The summed E-state index contributed by atoms with van der Waals surface area (Å²) in [4.78, 5) is 14.8. The average Bonchev–Trinajstić information content (AvgIpc) is 3.24. The third kappa shape index (κ3) is 3.65. The van der Waals surface area contributed by atoms with Gasteiger partial charge in [0.25, 0.3) is 0 Å². The molecule has 0 aliphatic heterocycles. The maximum absolute atomic E-state index is 14.8. The van der Waals surface area contributed by atoms with Crippen LogP contribution in [0.15, 0.2) is 72.3 Å². The molecule has 2 aromatic rings. The molecule has 2 saturated carbocycles. The summed E-state index contributed by atoms with van der Waals surface area (Å²) in [6.07, 6.45) is 3.71. The fraction of sp³-hybridized carbons (Fsp3) is 0.444. The van der Waals surface area contributed by atoms with Crippen LogP contribution in [0.25, 0.3) is 0 Å². The summed E-state index contributed by atoms with van der Waals surface area (Å²) in [6, 6.07) is 20.6. The Balaban J connectivity index is 1.88. The summed E-state index contributed by atoms with van der Waals surface area (Å²) in [5.41, 5.74) is 1.24. The van der Waals surface area contributed by atoms with Crippen molar-refractivity contribution in [1.29, 1.82) is 0 Å². The number of aliphatic hydroxyl groups is 2. The van der Waals surface area contributed by atoms with E-state index in [0.29, 0.717) is 12.3 Å². The van der Waals surface area contributed by atoms with Crippen LogP contribution in [0.3, 0.4) is 0 Å². The summed E-state index contributed by atoms with van der Waals surface area (Å²) in [5.74, 6) is 0.155. The van der Waals surface area contributed by atoms with Gasteiger partial charge in [0.15, 0.2) is 8.07 Å². The zero-order valence-electron chi connectivity index (χ0n) is 18.8. The topological polar surface area (TPSA) is 57.5 Å². The molecule has 4 heteroatoms. The van der Waals surface area contributed by atoms with Gasteiger partial charge in [0, 0.05) is 5.92 Å². The second kappa shape index (κ2) is 8.49. The molecular formula is C27H34O3Si. The first kappa shape index (κ1) is 22.2. The highest BCUT2D eigenvalue weighted by atomic mass is 28.3. The van der Waals surface area contributed by atoms with E-state index >= 15 is 0 Å². The average molecular weight is 435 g/mol. The Bertz CT molecular complexity index is 906. The van der Waals surface area contributed by atoms with Crippen LogP contribution in [0.4, 0.5) is 0 Å². The number of benzene rings is 2. The van der Waals surface area contributed by atoms with E-state index in [9.17, 15) is 15.0 Å². The normalized spacial score (nSPS) is 27.5. The van der Waals surface area contributed by atoms with Gasteiger partial charge in [-0.3, -0.25) is 0 Å². The van der Waals surface area contributed by atoms with Gasteiger partial charge in [-0.25, -0.2) is 0 Å². The molecule has 0 bridgehead atoms. The Morgan fingerprint density at radius 3 is 2.03 bits per heavy atom. The van der Waals surface area contributed by atoms with E-state index in [1.807, 2.05) is 42.5 Å². The summed E-state index contributed by atoms with van der Waals surface area (Å²) >= 11 is 0. The lowest BCUT2D eigenvalue weighted by Crippen LogP contribution is -2.72. The Kier molecular flexibility index (Phi) is 6.08. The zero-order valence-corrected chi connectivity index (χ0v) is 19.8. The first-order valence-electron chi connectivity index (χ1n) is 11.4. The molecule has 0 unspecified atom stereocenters. The molecule has 4 atom stereocenters. The molecule has 0 aromatic heterocycles. The van der Waals surface area contributed by atoms with E-state index in [2.05, 4.69) is 45.0 Å². The van der Waals surface area contributed by atoms with Crippen molar-refractivity contribution < 1.29 is 15.0 Å². The van der Waals surface area contributed by atoms with Crippen LogP contribution in [-0.2, 0) is 4.79 Å². The Morgan fingerprint density at radius 1 is 1.00 bits per heavy atom. The molecule has 0 heterocycles. The highest BCUT2D eigenvalue weighted by molar-refractivity contribution is 7.24. The van der Waals surface area contributed by atoms with Crippen molar-refractivity contribution in [3.63, 3.8) is 0 Å². The van der Waals surface area contributed by atoms with Crippen LogP contribution in [0, 0.1) is 17.8 Å². The number of hydrogen-bond acceptors (Lipinski definition) is 3. The van der Waals surface area contributed by atoms with E-state index < -0.39 is 14.2 Å². The van der Waals surface area contributed by atoms with Crippen molar-refractivity contribution in [2.24, 2.45) is 17.8 Å². The maximum atomic E-state index is 14.8. The van der Waals surface area contributed by atoms with E-state index in [1.54, 1.807) is 0 Å². The molecule has 31 heavy (non-hydrogen) atoms. The molecule has 2 N–H and O–H groups in total. The highest BCUT2D eigenvalue weighted by Crippen LogP contribution is 2.52. The van der Waals surface area contributed by atoms with Crippen molar-refractivity contribution in [3.8, 4) is 0 Å². The van der Waals surface area contributed by atoms with E-state index in [4.69, 9.17) is 0 Å². The molecule has 2 aliphatic carbocycles. The summed E-state index contributed by atoms with van der Waals surface area (Å²) in [7, 11) is -2.93. The largest absolute Gasteiger partial charge is 0.392 e. The van der Waals surface area contributed by atoms with Crippen LogP contribution in [0.5, 0.6) is 0 Å². The van der Waals surface area contributed by atoms with Gasteiger partial charge in [0.2, 0.25) is 0 Å². The third-order valence-corrected chi connectivity index (χ3v) is 13.4. The summed E-state index contributed by atoms with van der Waals surface area (Å²) in [6.45, 7) is 6.63.